The number of benzene rings is 1. The molecule has 0 saturated carbocycles. The molecule has 0 radical (unpaired) electrons. The van der Waals surface area contributed by atoms with Gasteiger partial charge in [0.15, 0.2) is 14.2 Å². The SMILES string of the molecule is Cc1cccc(Nc2nnc(S[C@@H](C)C(=O)N[C@@H]3CCS(=O)(=O)C3)s2)c1. The third-order valence-corrected chi connectivity index (χ3v) is 7.69. The lowest BCUT2D eigenvalue weighted by molar-refractivity contribution is -0.120. The normalized spacial score (nSPS) is 19.8. The van der Waals surface area contributed by atoms with E-state index in [1.807, 2.05) is 31.2 Å². The highest BCUT2D eigenvalue weighted by atomic mass is 32.2. The fourth-order valence-electron chi connectivity index (χ4n) is 2.59. The standard InChI is InChI=1S/C16H20N4O3S3/c1-10-4-3-5-12(8-10)18-15-19-20-16(25-15)24-11(2)14(21)17-13-6-7-26(22,23)9-13/h3-5,8,11,13H,6-7,9H2,1-2H3,(H,17,21)(H,18,19)/t11-,13+/m0/s1. The summed E-state index contributed by atoms with van der Waals surface area (Å²) in [4.78, 5) is 12.3. The molecule has 7 nitrogen and oxygen atoms in total. The van der Waals surface area contributed by atoms with Gasteiger partial charge < -0.3 is 10.6 Å². The first-order chi connectivity index (χ1) is 12.3. The Labute approximate surface area is 160 Å². The van der Waals surface area contributed by atoms with Crippen LogP contribution < -0.4 is 10.6 Å². The van der Waals surface area contributed by atoms with Crippen molar-refractivity contribution in [1.82, 2.24) is 15.5 Å². The second-order valence-electron chi connectivity index (χ2n) is 6.24. The highest BCUT2D eigenvalue weighted by Gasteiger charge is 2.30. The van der Waals surface area contributed by atoms with E-state index in [4.69, 9.17) is 0 Å². The van der Waals surface area contributed by atoms with Crippen molar-refractivity contribution in [3.63, 3.8) is 0 Å². The van der Waals surface area contributed by atoms with Gasteiger partial charge in [-0.25, -0.2) is 8.42 Å². The van der Waals surface area contributed by atoms with Gasteiger partial charge in [0.25, 0.3) is 0 Å². The molecule has 0 spiro atoms. The van der Waals surface area contributed by atoms with Crippen LogP contribution in [0.15, 0.2) is 28.6 Å². The summed E-state index contributed by atoms with van der Waals surface area (Å²) in [6.07, 6.45) is 0.481. The molecule has 1 aliphatic rings. The summed E-state index contributed by atoms with van der Waals surface area (Å²) in [5, 5.41) is 14.5. The van der Waals surface area contributed by atoms with Crippen LogP contribution in [0.25, 0.3) is 0 Å². The predicted molar refractivity (Wildman–Crippen MR) is 105 cm³/mol. The average Bonchev–Trinajstić information content (AvgIpc) is 3.13. The zero-order valence-corrected chi connectivity index (χ0v) is 16.9. The van der Waals surface area contributed by atoms with Crippen LogP contribution in [0.5, 0.6) is 0 Å². The number of carbonyl (C=O) groups is 1. The molecular weight excluding hydrogens is 392 g/mol. The Morgan fingerprint density at radius 2 is 2.19 bits per heavy atom. The Morgan fingerprint density at radius 1 is 1.38 bits per heavy atom. The molecule has 1 saturated heterocycles. The largest absolute Gasteiger partial charge is 0.351 e. The molecule has 2 N–H and O–H groups in total. The van der Waals surface area contributed by atoms with Gasteiger partial charge in [0.1, 0.15) is 0 Å². The lowest BCUT2D eigenvalue weighted by Crippen LogP contribution is -2.39. The van der Waals surface area contributed by atoms with Gasteiger partial charge in [-0.1, -0.05) is 35.2 Å². The molecule has 26 heavy (non-hydrogen) atoms. The molecule has 3 rings (SSSR count). The van der Waals surface area contributed by atoms with Crippen molar-refractivity contribution in [2.45, 2.75) is 35.9 Å². The summed E-state index contributed by atoms with van der Waals surface area (Å²) < 4.78 is 23.6. The summed E-state index contributed by atoms with van der Waals surface area (Å²) >= 11 is 2.69. The highest BCUT2D eigenvalue weighted by Crippen LogP contribution is 2.30. The minimum absolute atomic E-state index is 0.0273. The van der Waals surface area contributed by atoms with E-state index in [1.54, 1.807) is 6.92 Å². The van der Waals surface area contributed by atoms with Gasteiger partial charge in [0, 0.05) is 11.7 Å². The summed E-state index contributed by atoms with van der Waals surface area (Å²) in [6, 6.07) is 7.66. The Morgan fingerprint density at radius 3 is 2.88 bits per heavy atom. The molecule has 10 heteroatoms. The van der Waals surface area contributed by atoms with Gasteiger partial charge in [-0.05, 0) is 38.0 Å². The van der Waals surface area contributed by atoms with Gasteiger partial charge >= 0.3 is 0 Å². The Balaban J connectivity index is 1.54. The van der Waals surface area contributed by atoms with Crippen LogP contribution in [0, 0.1) is 6.92 Å². The molecule has 2 aromatic rings. The van der Waals surface area contributed by atoms with Gasteiger partial charge in [0.2, 0.25) is 11.0 Å². The average molecular weight is 413 g/mol. The summed E-state index contributed by atoms with van der Waals surface area (Å²) in [5.74, 6) is -0.0101. The molecular formula is C16H20N4O3S3. The van der Waals surface area contributed by atoms with Crippen molar-refractivity contribution >= 4 is 49.7 Å². The zero-order chi connectivity index (χ0) is 18.7. The molecule has 1 aromatic heterocycles. The number of rotatable bonds is 6. The van der Waals surface area contributed by atoms with E-state index in [0.717, 1.165) is 11.3 Å². The number of thioether (sulfide) groups is 1. The quantitative estimate of drug-likeness (QED) is 0.703. The van der Waals surface area contributed by atoms with Gasteiger partial charge in [-0.2, -0.15) is 0 Å². The summed E-state index contributed by atoms with van der Waals surface area (Å²) in [5.41, 5.74) is 2.08. The van der Waals surface area contributed by atoms with E-state index in [1.165, 1.54) is 23.1 Å². The highest BCUT2D eigenvalue weighted by molar-refractivity contribution is 8.02. The number of hydrogen-bond acceptors (Lipinski definition) is 8. The molecule has 1 amide bonds. The lowest BCUT2D eigenvalue weighted by atomic mass is 10.2. The Kier molecular flexibility index (Phi) is 5.83. The second-order valence-corrected chi connectivity index (χ2v) is 11.0. The molecule has 1 aliphatic heterocycles. The maximum absolute atomic E-state index is 12.3. The predicted octanol–water partition coefficient (Wildman–Crippen LogP) is 2.37. The third kappa shape index (κ3) is 5.18. The van der Waals surface area contributed by atoms with E-state index < -0.39 is 9.84 Å². The second kappa shape index (κ2) is 7.93. The fourth-order valence-corrected chi connectivity index (χ4v) is 6.19. The topological polar surface area (TPSA) is 101 Å². The molecule has 0 bridgehead atoms. The molecule has 0 unspecified atom stereocenters. The van der Waals surface area contributed by atoms with E-state index in [0.29, 0.717) is 15.9 Å². The number of nitrogens with one attached hydrogen (secondary N) is 2. The van der Waals surface area contributed by atoms with E-state index in [9.17, 15) is 13.2 Å². The van der Waals surface area contributed by atoms with Crippen LogP contribution in [0.1, 0.15) is 18.9 Å². The fraction of sp³-hybridized carbons (Fsp3) is 0.438. The van der Waals surface area contributed by atoms with Crippen molar-refractivity contribution in [3.05, 3.63) is 29.8 Å². The van der Waals surface area contributed by atoms with Crippen LogP contribution in [0.3, 0.4) is 0 Å². The molecule has 1 aromatic carbocycles. The molecule has 1 fully saturated rings. The van der Waals surface area contributed by atoms with Crippen molar-refractivity contribution in [3.8, 4) is 0 Å². The van der Waals surface area contributed by atoms with Gasteiger partial charge in [0.05, 0.1) is 16.8 Å². The third-order valence-electron chi connectivity index (χ3n) is 3.90. The molecule has 2 atom stereocenters. The van der Waals surface area contributed by atoms with Crippen LogP contribution in [0.4, 0.5) is 10.8 Å². The number of aromatic nitrogens is 2. The van der Waals surface area contributed by atoms with Crippen molar-refractivity contribution in [2.75, 3.05) is 16.8 Å². The Bertz CT molecular complexity index is 898. The zero-order valence-electron chi connectivity index (χ0n) is 14.4. The van der Waals surface area contributed by atoms with Crippen molar-refractivity contribution in [2.24, 2.45) is 0 Å². The van der Waals surface area contributed by atoms with Crippen LogP contribution >= 0.6 is 23.1 Å². The van der Waals surface area contributed by atoms with Crippen molar-refractivity contribution in [1.29, 1.82) is 0 Å². The van der Waals surface area contributed by atoms with Gasteiger partial charge in [-0.15, -0.1) is 10.2 Å². The van der Waals surface area contributed by atoms with E-state index >= 15 is 0 Å². The first-order valence-corrected chi connectivity index (χ1v) is 11.7. The number of hydrogen-bond donors (Lipinski definition) is 2. The Hall–Kier alpha value is -1.65. The smallest absolute Gasteiger partial charge is 0.233 e. The van der Waals surface area contributed by atoms with Crippen LogP contribution in [-0.2, 0) is 14.6 Å². The minimum Gasteiger partial charge on any atom is -0.351 e. The monoisotopic (exact) mass is 412 g/mol. The number of anilines is 2. The van der Waals surface area contributed by atoms with E-state index in [2.05, 4.69) is 20.8 Å². The number of carbonyl (C=O) groups excluding carboxylic acids is 1. The maximum atomic E-state index is 12.3. The molecule has 140 valence electrons. The van der Waals surface area contributed by atoms with E-state index in [-0.39, 0.29) is 28.7 Å². The minimum atomic E-state index is -3.01. The first kappa shape index (κ1) is 19.1. The lowest BCUT2D eigenvalue weighted by Gasteiger charge is -2.14. The first-order valence-electron chi connectivity index (χ1n) is 8.15. The summed E-state index contributed by atoms with van der Waals surface area (Å²) in [7, 11) is -3.01. The number of sulfone groups is 1. The number of nitrogens with zero attached hydrogens (tertiary/aromatic N) is 2. The van der Waals surface area contributed by atoms with Gasteiger partial charge in [-0.3, -0.25) is 4.79 Å². The van der Waals surface area contributed by atoms with Crippen molar-refractivity contribution < 1.29 is 13.2 Å². The maximum Gasteiger partial charge on any atom is 0.233 e. The summed E-state index contributed by atoms with van der Waals surface area (Å²) in [6.45, 7) is 3.79. The van der Waals surface area contributed by atoms with Crippen LogP contribution in [0.2, 0.25) is 0 Å². The number of amides is 1. The van der Waals surface area contributed by atoms with Crippen LogP contribution in [-0.4, -0.2) is 47.3 Å². The molecule has 2 heterocycles. The molecule has 0 aliphatic carbocycles. The number of aryl methyl sites for hydroxylation is 1.